The minimum atomic E-state index is -4.79. The number of nitrogens with zero attached hydrogens (tertiary/aromatic N) is 1. The summed E-state index contributed by atoms with van der Waals surface area (Å²) in [5, 5.41) is 12.1. The van der Waals surface area contributed by atoms with Crippen LogP contribution in [0.15, 0.2) is 54.1 Å². The van der Waals surface area contributed by atoms with Crippen molar-refractivity contribution in [3.8, 4) is 6.07 Å². The quantitative estimate of drug-likeness (QED) is 0.590. The minimum Gasteiger partial charge on any atom is -0.471 e. The molecule has 0 radical (unpaired) electrons. The maximum Gasteiger partial charge on any atom is 0.433 e. The molecule has 0 spiro atoms. The second-order valence-corrected chi connectivity index (χ2v) is 8.55. The summed E-state index contributed by atoms with van der Waals surface area (Å²) in [5.41, 5.74) is -2.56. The number of amides is 1. The first-order valence-electron chi connectivity index (χ1n) is 9.92. The van der Waals surface area contributed by atoms with E-state index < -0.39 is 29.9 Å². The van der Waals surface area contributed by atoms with Crippen molar-refractivity contribution in [2.24, 2.45) is 0 Å². The zero-order valence-electron chi connectivity index (χ0n) is 18.1. The lowest BCUT2D eigenvalue weighted by molar-refractivity contribution is -0.257. The lowest BCUT2D eigenvalue weighted by Gasteiger charge is -2.33. The van der Waals surface area contributed by atoms with Gasteiger partial charge in [0.05, 0.1) is 11.6 Å². The molecule has 2 aromatic rings. The second-order valence-electron chi connectivity index (χ2n) is 8.55. The average molecular weight is 444 g/mol. The number of hydrogen-bond donors (Lipinski definition) is 1. The van der Waals surface area contributed by atoms with Crippen molar-refractivity contribution in [2.75, 3.05) is 5.32 Å². The molecule has 0 fully saturated rings. The van der Waals surface area contributed by atoms with Gasteiger partial charge < -0.3 is 9.47 Å². The van der Waals surface area contributed by atoms with Gasteiger partial charge in [-0.25, -0.2) is 4.79 Å². The highest BCUT2D eigenvalue weighted by molar-refractivity contribution is 5.86. The van der Waals surface area contributed by atoms with Crippen molar-refractivity contribution >= 4 is 17.5 Å². The SMILES string of the molecule is Cc1cc(C2(C(F)(F)F)CC(C#N)=C(c3ccccc3)O2)ccc1NC(=O)OC(C)(C)C. The van der Waals surface area contributed by atoms with Gasteiger partial charge in [-0.2, -0.15) is 18.4 Å². The Balaban J connectivity index is 1.98. The number of hydrogen-bond acceptors (Lipinski definition) is 4. The summed E-state index contributed by atoms with van der Waals surface area (Å²) in [4.78, 5) is 12.0. The fourth-order valence-corrected chi connectivity index (χ4v) is 3.47. The van der Waals surface area contributed by atoms with Gasteiger partial charge >= 0.3 is 12.3 Å². The molecule has 168 valence electrons. The molecule has 32 heavy (non-hydrogen) atoms. The monoisotopic (exact) mass is 444 g/mol. The van der Waals surface area contributed by atoms with Gasteiger partial charge in [0.25, 0.3) is 0 Å². The number of halogens is 3. The number of ether oxygens (including phenoxy) is 2. The Morgan fingerprint density at radius 2 is 1.81 bits per heavy atom. The van der Waals surface area contributed by atoms with E-state index >= 15 is 0 Å². The molecule has 1 aliphatic heterocycles. The second kappa shape index (κ2) is 8.23. The highest BCUT2D eigenvalue weighted by Crippen LogP contribution is 2.54. The summed E-state index contributed by atoms with van der Waals surface area (Å²) in [5.74, 6) is -0.0842. The maximum atomic E-state index is 14.4. The van der Waals surface area contributed by atoms with Crippen molar-refractivity contribution in [1.82, 2.24) is 0 Å². The van der Waals surface area contributed by atoms with Crippen LogP contribution in [0.25, 0.3) is 5.76 Å². The number of benzene rings is 2. The Morgan fingerprint density at radius 3 is 2.34 bits per heavy atom. The Bertz CT molecular complexity index is 1100. The van der Waals surface area contributed by atoms with E-state index in [2.05, 4.69) is 5.32 Å². The van der Waals surface area contributed by atoms with Gasteiger partial charge in [-0.15, -0.1) is 0 Å². The van der Waals surface area contributed by atoms with Gasteiger partial charge in [0, 0.05) is 23.2 Å². The van der Waals surface area contributed by atoms with Gasteiger partial charge in [-0.1, -0.05) is 36.4 Å². The third-order valence-electron chi connectivity index (χ3n) is 4.93. The third kappa shape index (κ3) is 4.57. The summed E-state index contributed by atoms with van der Waals surface area (Å²) in [6, 6.07) is 14.0. The molecule has 1 N–H and O–H groups in total. The van der Waals surface area contributed by atoms with Gasteiger partial charge in [0.2, 0.25) is 5.60 Å². The Hall–Kier alpha value is -3.47. The lowest BCUT2D eigenvalue weighted by atomic mass is 9.87. The Kier molecular flexibility index (Phi) is 5.96. The molecule has 0 aliphatic carbocycles. The van der Waals surface area contributed by atoms with Crippen LogP contribution >= 0.6 is 0 Å². The molecule has 1 heterocycles. The molecule has 5 nitrogen and oxygen atoms in total. The van der Waals surface area contributed by atoms with E-state index in [1.54, 1.807) is 58.0 Å². The largest absolute Gasteiger partial charge is 0.471 e. The third-order valence-corrected chi connectivity index (χ3v) is 4.93. The van der Waals surface area contributed by atoms with Crippen LogP contribution in [0.5, 0.6) is 0 Å². The fourth-order valence-electron chi connectivity index (χ4n) is 3.47. The van der Waals surface area contributed by atoms with E-state index in [1.165, 1.54) is 18.2 Å². The number of rotatable bonds is 3. The number of carbonyl (C=O) groups excluding carboxylic acids is 1. The molecular weight excluding hydrogens is 421 g/mol. The molecule has 2 aromatic carbocycles. The number of anilines is 1. The number of alkyl halides is 3. The summed E-state index contributed by atoms with van der Waals surface area (Å²) in [7, 11) is 0. The standard InChI is InChI=1S/C24H23F3N2O3/c1-15-12-18(10-11-19(15)29-21(30)32-22(2,3)4)23(24(25,26)27)13-17(14-28)20(31-23)16-8-6-5-7-9-16/h5-12H,13H2,1-4H3,(H,29,30). The zero-order valence-corrected chi connectivity index (χ0v) is 18.1. The predicted molar refractivity (Wildman–Crippen MR) is 113 cm³/mol. The average Bonchev–Trinajstić information content (AvgIpc) is 3.10. The van der Waals surface area contributed by atoms with E-state index in [-0.39, 0.29) is 16.9 Å². The number of carbonyl (C=O) groups is 1. The lowest BCUT2D eigenvalue weighted by Crippen LogP contribution is -2.42. The molecule has 1 amide bonds. The Labute approximate surface area is 184 Å². The number of aryl methyl sites for hydroxylation is 1. The van der Waals surface area contributed by atoms with Crippen LogP contribution in [-0.2, 0) is 15.1 Å². The molecule has 0 saturated carbocycles. The zero-order chi connectivity index (χ0) is 23.7. The van der Waals surface area contributed by atoms with Gasteiger partial charge in [-0.05, 0) is 45.4 Å². The highest BCUT2D eigenvalue weighted by atomic mass is 19.4. The summed E-state index contributed by atoms with van der Waals surface area (Å²) in [6.45, 7) is 6.69. The normalized spacial score (nSPS) is 18.7. The van der Waals surface area contributed by atoms with Crippen LogP contribution in [0.3, 0.4) is 0 Å². The van der Waals surface area contributed by atoms with Crippen molar-refractivity contribution in [3.05, 3.63) is 70.8 Å². The van der Waals surface area contributed by atoms with Crippen LogP contribution in [0.2, 0.25) is 0 Å². The smallest absolute Gasteiger partial charge is 0.433 e. The maximum absolute atomic E-state index is 14.4. The first kappa shape index (κ1) is 23.2. The van der Waals surface area contributed by atoms with Crippen LogP contribution in [0.1, 0.15) is 43.9 Å². The molecule has 3 rings (SSSR count). The van der Waals surface area contributed by atoms with Crippen LogP contribution in [-0.4, -0.2) is 17.9 Å². The van der Waals surface area contributed by atoms with Crippen molar-refractivity contribution < 1.29 is 27.4 Å². The molecule has 1 atom stereocenters. The van der Waals surface area contributed by atoms with E-state index in [4.69, 9.17) is 9.47 Å². The molecule has 0 aromatic heterocycles. The van der Waals surface area contributed by atoms with Gasteiger partial charge in [-0.3, -0.25) is 5.32 Å². The molecule has 8 heteroatoms. The summed E-state index contributed by atoms with van der Waals surface area (Å²) >= 11 is 0. The van der Waals surface area contributed by atoms with Crippen molar-refractivity contribution in [3.63, 3.8) is 0 Å². The summed E-state index contributed by atoms with van der Waals surface area (Å²) in [6.07, 6.45) is -6.15. The van der Waals surface area contributed by atoms with Crippen molar-refractivity contribution in [2.45, 2.75) is 51.5 Å². The van der Waals surface area contributed by atoms with Crippen molar-refractivity contribution in [1.29, 1.82) is 5.26 Å². The molecular formula is C24H23F3N2O3. The molecule has 1 unspecified atom stereocenters. The molecule has 0 saturated heterocycles. The van der Waals surface area contributed by atoms with E-state index in [0.29, 0.717) is 16.8 Å². The molecule has 0 bridgehead atoms. The first-order valence-corrected chi connectivity index (χ1v) is 9.92. The topological polar surface area (TPSA) is 71.3 Å². The van der Waals surface area contributed by atoms with Crippen LogP contribution in [0.4, 0.5) is 23.7 Å². The minimum absolute atomic E-state index is 0.0814. The van der Waals surface area contributed by atoms with Gasteiger partial charge in [0.1, 0.15) is 11.4 Å². The first-order chi connectivity index (χ1) is 14.9. The van der Waals surface area contributed by atoms with E-state index in [9.17, 15) is 23.2 Å². The van der Waals surface area contributed by atoms with Gasteiger partial charge in [0.15, 0.2) is 0 Å². The highest BCUT2D eigenvalue weighted by Gasteiger charge is 2.62. The summed E-state index contributed by atoms with van der Waals surface area (Å²) < 4.78 is 53.9. The Morgan fingerprint density at radius 1 is 1.16 bits per heavy atom. The van der Waals surface area contributed by atoms with Crippen LogP contribution < -0.4 is 5.32 Å². The molecule has 1 aliphatic rings. The van der Waals surface area contributed by atoms with E-state index in [0.717, 1.165) is 0 Å². The van der Waals surface area contributed by atoms with Crippen LogP contribution in [0, 0.1) is 18.3 Å². The number of nitriles is 1. The fraction of sp³-hybridized carbons (Fsp3) is 0.333. The van der Waals surface area contributed by atoms with E-state index in [1.807, 2.05) is 6.07 Å². The predicted octanol–water partition coefficient (Wildman–Crippen LogP) is 6.45. The number of nitrogens with one attached hydrogen (secondary N) is 1.